The summed E-state index contributed by atoms with van der Waals surface area (Å²) in [7, 11) is 4.35. The number of Topliss-reactive ketones (excluding diaryl/α,β-unsaturated/α-hetero) is 3. The van der Waals surface area contributed by atoms with Crippen molar-refractivity contribution in [3.05, 3.63) is 221 Å². The molecule has 0 aliphatic carbocycles. The molecule has 15 rings (SSSR count). The van der Waals surface area contributed by atoms with Crippen molar-refractivity contribution < 1.29 is 66.1 Å². The van der Waals surface area contributed by atoms with E-state index in [2.05, 4.69) is 50.3 Å². The summed E-state index contributed by atoms with van der Waals surface area (Å²) in [6.45, 7) is 3.63. The lowest BCUT2D eigenvalue weighted by Gasteiger charge is -2.34. The Morgan fingerprint density at radius 3 is 1.05 bits per heavy atom. The van der Waals surface area contributed by atoms with Gasteiger partial charge in [-0.2, -0.15) is 15.3 Å². The summed E-state index contributed by atoms with van der Waals surface area (Å²) in [6.07, 6.45) is 16.1. The number of fused-ring (bicyclic) bond motifs is 3. The third-order valence-corrected chi connectivity index (χ3v) is 18.0. The van der Waals surface area contributed by atoms with E-state index in [1.165, 1.54) is 95.0 Å². The van der Waals surface area contributed by atoms with Crippen LogP contribution < -0.4 is 14.2 Å². The van der Waals surface area contributed by atoms with Crippen molar-refractivity contribution in [2.45, 2.75) is 0 Å². The number of halogens is 4. The molecule has 9 aromatic heterocycles. The lowest BCUT2D eigenvalue weighted by atomic mass is 10.1. The van der Waals surface area contributed by atoms with Crippen molar-refractivity contribution in [3.8, 4) is 28.9 Å². The van der Waals surface area contributed by atoms with E-state index in [1.807, 2.05) is 42.5 Å². The van der Waals surface area contributed by atoms with Gasteiger partial charge in [0.2, 0.25) is 0 Å². The first-order valence-corrected chi connectivity index (χ1v) is 33.5. The van der Waals surface area contributed by atoms with E-state index in [1.54, 1.807) is 69.4 Å². The number of hydrogen-bond donors (Lipinski definition) is 4. The summed E-state index contributed by atoms with van der Waals surface area (Å²) in [5.41, 5.74) is 3.54. The second-order valence-electron chi connectivity index (χ2n) is 23.7. The first kappa shape index (κ1) is 72.8. The SMILES string of the molecule is COc1cnc(-n2cc(Cl)cn2)c2[nH]cc(C(=O)C(=O)N3CCN(C(=O)c4ccccc4)CC3)c12.COc1cnc(-n2cc(F)cn2)c2[nH]cc(C(=O)C(=O)N3CCN(C(=O)c4ccccc4)CC3)c12.COc1cnc(Cl)c2[nH]cc(C(=O)C(=O)N3CCN(C(=O)c4ccccc4)CC3)c12.Fc1cn[nH]c1. The lowest BCUT2D eigenvalue weighted by Crippen LogP contribution is -2.52. The van der Waals surface area contributed by atoms with Gasteiger partial charge in [0, 0.05) is 114 Å². The summed E-state index contributed by atoms with van der Waals surface area (Å²) in [5.74, 6) is -3.51. The number of piperazine rings is 3. The molecule has 0 spiro atoms. The molecule has 0 radical (unpaired) electrons. The molecule has 12 heterocycles. The van der Waals surface area contributed by atoms with Gasteiger partial charge >= 0.3 is 0 Å². The molecule has 4 N–H and O–H groups in total. The predicted octanol–water partition coefficient (Wildman–Crippen LogP) is 7.58. The van der Waals surface area contributed by atoms with Crippen LogP contribution in [0.15, 0.2) is 165 Å². The van der Waals surface area contributed by atoms with Crippen LogP contribution in [0, 0.1) is 11.6 Å². The summed E-state index contributed by atoms with van der Waals surface area (Å²) in [6, 6.07) is 26.9. The van der Waals surface area contributed by atoms with Crippen molar-refractivity contribution >= 4 is 109 Å². The average molecular weight is 1480 g/mol. The number of rotatable bonds is 14. The van der Waals surface area contributed by atoms with Crippen LogP contribution in [-0.4, -0.2) is 242 Å². The lowest BCUT2D eigenvalue weighted by molar-refractivity contribution is -0.128. The highest BCUT2D eigenvalue weighted by Gasteiger charge is 2.35. The number of methoxy groups -OCH3 is 3. The molecular weight excluding hydrogens is 1420 g/mol. The molecule has 12 aromatic rings. The highest BCUT2D eigenvalue weighted by atomic mass is 35.5. The number of benzene rings is 3. The minimum atomic E-state index is -0.721. The van der Waals surface area contributed by atoms with Crippen LogP contribution in [0.2, 0.25) is 10.2 Å². The van der Waals surface area contributed by atoms with E-state index in [4.69, 9.17) is 37.4 Å². The third kappa shape index (κ3) is 15.5. The Balaban J connectivity index is 0.000000143. The summed E-state index contributed by atoms with van der Waals surface area (Å²) in [5, 5.41) is 15.5. The molecule has 0 saturated carbocycles. The number of aromatic amines is 4. The van der Waals surface area contributed by atoms with Crippen LogP contribution >= 0.6 is 23.2 Å². The molecule has 106 heavy (non-hydrogen) atoms. The highest BCUT2D eigenvalue weighted by molar-refractivity contribution is 6.47. The van der Waals surface area contributed by atoms with Gasteiger partial charge in [0.25, 0.3) is 52.8 Å². The maximum Gasteiger partial charge on any atom is 0.295 e. The van der Waals surface area contributed by atoms with Gasteiger partial charge < -0.3 is 58.6 Å². The minimum Gasteiger partial charge on any atom is -0.494 e. The van der Waals surface area contributed by atoms with Gasteiger partial charge in [-0.3, -0.25) is 48.2 Å². The van der Waals surface area contributed by atoms with Crippen molar-refractivity contribution in [2.75, 3.05) is 99.9 Å². The Morgan fingerprint density at radius 1 is 0.396 bits per heavy atom. The molecule has 3 saturated heterocycles. The van der Waals surface area contributed by atoms with Crippen molar-refractivity contribution in [3.63, 3.8) is 0 Å². The van der Waals surface area contributed by atoms with Crippen LogP contribution in [0.5, 0.6) is 17.2 Å². The number of ketones is 3. The summed E-state index contributed by atoms with van der Waals surface area (Å²) >= 11 is 12.1. The van der Waals surface area contributed by atoms with E-state index >= 15 is 0 Å². The second kappa shape index (κ2) is 32.6. The Labute approximate surface area is 610 Å². The van der Waals surface area contributed by atoms with E-state index in [9.17, 15) is 51.9 Å². The number of nitrogens with zero attached hydrogens (tertiary/aromatic N) is 14. The zero-order chi connectivity index (χ0) is 74.7. The number of amides is 6. The highest BCUT2D eigenvalue weighted by Crippen LogP contribution is 2.36. The van der Waals surface area contributed by atoms with Crippen molar-refractivity contribution in [1.82, 2.24) is 89.1 Å². The topological polar surface area (TPSA) is 351 Å². The average Bonchev–Trinajstić information content (AvgIpc) is 1.72. The van der Waals surface area contributed by atoms with Crippen LogP contribution in [0.25, 0.3) is 44.3 Å². The largest absolute Gasteiger partial charge is 0.494 e. The number of ether oxygens (including phenoxy) is 3. The van der Waals surface area contributed by atoms with Crippen LogP contribution in [0.3, 0.4) is 0 Å². The van der Waals surface area contributed by atoms with Gasteiger partial charge in [-0.25, -0.2) is 33.1 Å². The Hall–Kier alpha value is -13.0. The standard InChI is InChI=1S/C24H21ClN6O4.C24H21FN6O4.C21H19ClN4O4.C3H3FN2/c2*1-35-18-13-27-22(31-14-16(25)11-28-31)20-19(18)17(12-26-20)21(32)24(34)30-9-7-29(8-10-30)23(33)15-5-3-2-4-6-15;1-30-15-12-24-19(22)17-16(15)14(11-23-17)18(27)21(29)26-9-7-25(8-10-26)20(28)13-5-3-2-4-6-13;4-3-1-5-6-2-3/h2*2-6,11-14,26H,7-10H2,1H3;2-6,11-12,23H,7-10H2,1H3;1-2H,(H,5,6). The number of H-pyrrole nitrogens is 4. The van der Waals surface area contributed by atoms with Crippen LogP contribution in [0.4, 0.5) is 8.78 Å². The van der Waals surface area contributed by atoms with E-state index < -0.39 is 40.9 Å². The molecule has 0 atom stereocenters. The zero-order valence-corrected chi connectivity index (χ0v) is 58.3. The van der Waals surface area contributed by atoms with Crippen LogP contribution in [-0.2, 0) is 14.4 Å². The zero-order valence-electron chi connectivity index (χ0n) is 56.7. The van der Waals surface area contributed by atoms with Gasteiger partial charge in [0.15, 0.2) is 28.4 Å². The third-order valence-electron chi connectivity index (χ3n) is 17.5. The van der Waals surface area contributed by atoms with Crippen molar-refractivity contribution in [2.24, 2.45) is 0 Å². The Kier molecular flexibility index (Phi) is 22.4. The Bertz CT molecular complexity index is 5020. The number of nitrogens with one attached hydrogen (secondary N) is 4. The van der Waals surface area contributed by atoms with Gasteiger partial charge in [0.05, 0.1) is 132 Å². The maximum absolute atomic E-state index is 13.5. The number of pyridine rings is 3. The Morgan fingerprint density at radius 2 is 0.736 bits per heavy atom. The fraction of sp³-hybridized carbons (Fsp3) is 0.208. The maximum atomic E-state index is 13.5. The molecule has 0 bridgehead atoms. The number of carbonyl (C=O) groups excluding carboxylic acids is 9. The van der Waals surface area contributed by atoms with Gasteiger partial charge in [-0.05, 0) is 36.4 Å². The van der Waals surface area contributed by atoms with Crippen molar-refractivity contribution in [1.29, 1.82) is 0 Å². The molecule has 6 amide bonds. The number of carbonyl (C=O) groups is 9. The van der Waals surface area contributed by atoms with Gasteiger partial charge in [0.1, 0.15) is 17.2 Å². The number of aromatic nitrogens is 12. The molecular formula is C72H64Cl2F2N18O12. The molecule has 30 nitrogen and oxygen atoms in total. The van der Waals surface area contributed by atoms with Gasteiger partial charge in [-0.15, -0.1) is 0 Å². The normalized spacial score (nSPS) is 13.6. The minimum absolute atomic E-state index is 0.0856. The molecule has 542 valence electrons. The van der Waals surface area contributed by atoms with Crippen LogP contribution in [0.1, 0.15) is 62.1 Å². The summed E-state index contributed by atoms with van der Waals surface area (Å²) < 4.78 is 43.8. The first-order chi connectivity index (χ1) is 51.3. The second-order valence-corrected chi connectivity index (χ2v) is 24.5. The smallest absolute Gasteiger partial charge is 0.295 e. The molecule has 3 aliphatic rings. The fourth-order valence-electron chi connectivity index (χ4n) is 12.1. The molecule has 0 unspecified atom stereocenters. The summed E-state index contributed by atoms with van der Waals surface area (Å²) in [4.78, 5) is 147. The first-order valence-electron chi connectivity index (χ1n) is 32.7. The molecule has 3 aromatic carbocycles. The quantitative estimate of drug-likeness (QED) is 0.0463. The molecule has 3 fully saturated rings. The van der Waals surface area contributed by atoms with E-state index in [-0.39, 0.29) is 96.2 Å². The van der Waals surface area contributed by atoms with Gasteiger partial charge in [-0.1, -0.05) is 77.8 Å². The molecule has 34 heteroatoms. The monoisotopic (exact) mass is 1480 g/mol. The van der Waals surface area contributed by atoms with E-state index in [0.717, 1.165) is 18.6 Å². The number of hydrogen-bond acceptors (Lipinski definition) is 18. The van der Waals surface area contributed by atoms with E-state index in [0.29, 0.717) is 111 Å². The molecule has 3 aliphatic heterocycles. The fourth-order valence-corrected chi connectivity index (χ4v) is 12.5. The predicted molar refractivity (Wildman–Crippen MR) is 380 cm³/mol.